The van der Waals surface area contributed by atoms with Crippen molar-refractivity contribution in [1.82, 2.24) is 5.32 Å². The topological polar surface area (TPSA) is 49.3 Å². The summed E-state index contributed by atoms with van der Waals surface area (Å²) in [5, 5.41) is 12.6. The number of hydrogen-bond acceptors (Lipinski definition) is 2. The molecule has 0 aromatic heterocycles. The number of hydrogen-bond donors (Lipinski definition) is 2. The average molecular weight is 247 g/mol. The zero-order chi connectivity index (χ0) is 13.1. The van der Waals surface area contributed by atoms with E-state index in [2.05, 4.69) is 12.2 Å². The highest BCUT2D eigenvalue weighted by atomic mass is 16.3. The third kappa shape index (κ3) is 2.84. The SMILES string of the molecule is Cc1ccc(C(=O)NC(C)C2CCCC2)cc1O. The van der Waals surface area contributed by atoms with Crippen molar-refractivity contribution < 1.29 is 9.90 Å². The Bertz CT molecular complexity index is 436. The predicted molar refractivity (Wildman–Crippen MR) is 71.7 cm³/mol. The molecule has 1 aromatic carbocycles. The van der Waals surface area contributed by atoms with Crippen molar-refractivity contribution in [2.45, 2.75) is 45.6 Å². The fraction of sp³-hybridized carbons (Fsp3) is 0.533. The molecule has 0 heterocycles. The Balaban J connectivity index is 2.00. The summed E-state index contributed by atoms with van der Waals surface area (Å²) in [6, 6.07) is 5.27. The normalized spacial score (nSPS) is 17.7. The summed E-state index contributed by atoms with van der Waals surface area (Å²) >= 11 is 0. The highest BCUT2D eigenvalue weighted by Gasteiger charge is 2.23. The van der Waals surface area contributed by atoms with Crippen LogP contribution in [0.2, 0.25) is 0 Å². The summed E-state index contributed by atoms with van der Waals surface area (Å²) in [7, 11) is 0. The Morgan fingerprint density at radius 1 is 1.39 bits per heavy atom. The molecule has 1 aromatic rings. The number of carbonyl (C=O) groups is 1. The lowest BCUT2D eigenvalue weighted by atomic mass is 9.99. The number of nitrogens with one attached hydrogen (secondary N) is 1. The third-order valence-corrected chi connectivity index (χ3v) is 3.94. The first-order chi connectivity index (χ1) is 8.58. The molecule has 1 saturated carbocycles. The fourth-order valence-corrected chi connectivity index (χ4v) is 2.62. The van der Waals surface area contributed by atoms with Gasteiger partial charge in [-0.3, -0.25) is 4.79 Å². The highest BCUT2D eigenvalue weighted by molar-refractivity contribution is 5.94. The molecule has 0 aliphatic heterocycles. The van der Waals surface area contributed by atoms with Crippen LogP contribution in [0.15, 0.2) is 18.2 Å². The van der Waals surface area contributed by atoms with Gasteiger partial charge in [0.2, 0.25) is 0 Å². The predicted octanol–water partition coefficient (Wildman–Crippen LogP) is 3.01. The lowest BCUT2D eigenvalue weighted by molar-refractivity contribution is 0.0927. The highest BCUT2D eigenvalue weighted by Crippen LogP contribution is 2.27. The van der Waals surface area contributed by atoms with Crippen LogP contribution in [0, 0.1) is 12.8 Å². The monoisotopic (exact) mass is 247 g/mol. The van der Waals surface area contributed by atoms with Crippen LogP contribution in [0.3, 0.4) is 0 Å². The maximum absolute atomic E-state index is 12.1. The van der Waals surface area contributed by atoms with Gasteiger partial charge in [-0.25, -0.2) is 0 Å². The molecule has 1 aliphatic rings. The summed E-state index contributed by atoms with van der Waals surface area (Å²) in [6.07, 6.45) is 4.97. The lowest BCUT2D eigenvalue weighted by Gasteiger charge is -2.20. The second-order valence-corrected chi connectivity index (χ2v) is 5.31. The van der Waals surface area contributed by atoms with E-state index in [1.54, 1.807) is 12.1 Å². The summed E-state index contributed by atoms with van der Waals surface area (Å²) in [6.45, 7) is 3.89. The number of phenolic OH excluding ortho intramolecular Hbond substituents is 1. The number of aromatic hydroxyl groups is 1. The van der Waals surface area contributed by atoms with Gasteiger partial charge >= 0.3 is 0 Å². The standard InChI is InChI=1S/C15H21NO2/c1-10-7-8-13(9-14(10)17)15(18)16-11(2)12-5-3-4-6-12/h7-9,11-12,17H,3-6H2,1-2H3,(H,16,18). The van der Waals surface area contributed by atoms with E-state index < -0.39 is 0 Å². The molecule has 0 saturated heterocycles. The number of aryl methyl sites for hydroxylation is 1. The quantitative estimate of drug-likeness (QED) is 0.862. The van der Waals surface area contributed by atoms with Gasteiger partial charge < -0.3 is 10.4 Å². The van der Waals surface area contributed by atoms with E-state index >= 15 is 0 Å². The van der Waals surface area contributed by atoms with Crippen LogP contribution in [0.4, 0.5) is 0 Å². The zero-order valence-electron chi connectivity index (χ0n) is 11.1. The Labute approximate surface area is 108 Å². The van der Waals surface area contributed by atoms with E-state index in [9.17, 15) is 9.90 Å². The van der Waals surface area contributed by atoms with Crippen LogP contribution < -0.4 is 5.32 Å². The van der Waals surface area contributed by atoms with Crippen LogP contribution in [0.25, 0.3) is 0 Å². The van der Waals surface area contributed by atoms with E-state index in [-0.39, 0.29) is 17.7 Å². The van der Waals surface area contributed by atoms with E-state index in [1.165, 1.54) is 31.7 Å². The average Bonchev–Trinajstić information content (AvgIpc) is 2.86. The number of amides is 1. The second kappa shape index (κ2) is 5.42. The molecular formula is C15H21NO2. The van der Waals surface area contributed by atoms with Gasteiger partial charge in [0.05, 0.1) is 0 Å². The largest absolute Gasteiger partial charge is 0.508 e. The summed E-state index contributed by atoms with van der Waals surface area (Å²) in [5.74, 6) is 0.689. The van der Waals surface area contributed by atoms with Crippen molar-refractivity contribution in [2.24, 2.45) is 5.92 Å². The molecule has 1 amide bonds. The van der Waals surface area contributed by atoms with Crippen molar-refractivity contribution in [3.8, 4) is 5.75 Å². The second-order valence-electron chi connectivity index (χ2n) is 5.31. The van der Waals surface area contributed by atoms with Crippen molar-refractivity contribution in [2.75, 3.05) is 0 Å². The maximum atomic E-state index is 12.1. The van der Waals surface area contributed by atoms with Gasteiger partial charge in [-0.05, 0) is 50.3 Å². The minimum absolute atomic E-state index is 0.0929. The molecule has 0 bridgehead atoms. The first-order valence-corrected chi connectivity index (χ1v) is 6.68. The van der Waals surface area contributed by atoms with E-state index in [4.69, 9.17) is 0 Å². The molecule has 1 aliphatic carbocycles. The van der Waals surface area contributed by atoms with Crippen LogP contribution in [-0.2, 0) is 0 Å². The molecule has 0 radical (unpaired) electrons. The molecular weight excluding hydrogens is 226 g/mol. The van der Waals surface area contributed by atoms with Crippen molar-refractivity contribution >= 4 is 5.91 Å². The molecule has 1 atom stereocenters. The van der Waals surface area contributed by atoms with Gasteiger partial charge in [-0.1, -0.05) is 18.9 Å². The molecule has 98 valence electrons. The van der Waals surface area contributed by atoms with Gasteiger partial charge in [0, 0.05) is 11.6 Å². The van der Waals surface area contributed by atoms with E-state index in [0.717, 1.165) is 5.56 Å². The third-order valence-electron chi connectivity index (χ3n) is 3.94. The van der Waals surface area contributed by atoms with Crippen LogP contribution in [-0.4, -0.2) is 17.1 Å². The molecule has 0 spiro atoms. The van der Waals surface area contributed by atoms with Gasteiger partial charge in [0.15, 0.2) is 0 Å². The van der Waals surface area contributed by atoms with E-state index in [1.807, 2.05) is 6.92 Å². The Morgan fingerprint density at radius 3 is 2.67 bits per heavy atom. The summed E-state index contributed by atoms with van der Waals surface area (Å²) < 4.78 is 0. The molecule has 18 heavy (non-hydrogen) atoms. The van der Waals surface area contributed by atoms with Crippen molar-refractivity contribution in [3.63, 3.8) is 0 Å². The molecule has 2 rings (SSSR count). The Morgan fingerprint density at radius 2 is 2.06 bits per heavy atom. The van der Waals surface area contributed by atoms with Crippen molar-refractivity contribution in [3.05, 3.63) is 29.3 Å². The Hall–Kier alpha value is -1.51. The molecule has 2 N–H and O–H groups in total. The van der Waals surface area contributed by atoms with Gasteiger partial charge in [0.1, 0.15) is 5.75 Å². The minimum Gasteiger partial charge on any atom is -0.508 e. The van der Waals surface area contributed by atoms with Crippen LogP contribution >= 0.6 is 0 Å². The minimum atomic E-state index is -0.0929. The number of carbonyl (C=O) groups excluding carboxylic acids is 1. The number of benzene rings is 1. The molecule has 1 unspecified atom stereocenters. The number of rotatable bonds is 3. The smallest absolute Gasteiger partial charge is 0.251 e. The van der Waals surface area contributed by atoms with E-state index in [0.29, 0.717) is 11.5 Å². The number of phenols is 1. The Kier molecular flexibility index (Phi) is 3.90. The van der Waals surface area contributed by atoms with Gasteiger partial charge in [-0.2, -0.15) is 0 Å². The fourth-order valence-electron chi connectivity index (χ4n) is 2.62. The van der Waals surface area contributed by atoms with Crippen molar-refractivity contribution in [1.29, 1.82) is 0 Å². The van der Waals surface area contributed by atoms with Gasteiger partial charge in [0.25, 0.3) is 5.91 Å². The molecule has 3 heteroatoms. The zero-order valence-corrected chi connectivity index (χ0v) is 11.1. The summed E-state index contributed by atoms with van der Waals surface area (Å²) in [5.41, 5.74) is 1.32. The van der Waals surface area contributed by atoms with Crippen LogP contribution in [0.1, 0.15) is 48.5 Å². The summed E-state index contributed by atoms with van der Waals surface area (Å²) in [4.78, 5) is 12.1. The van der Waals surface area contributed by atoms with Gasteiger partial charge in [-0.15, -0.1) is 0 Å². The first kappa shape index (κ1) is 12.9. The lowest BCUT2D eigenvalue weighted by Crippen LogP contribution is -2.37. The maximum Gasteiger partial charge on any atom is 0.251 e. The molecule has 1 fully saturated rings. The van der Waals surface area contributed by atoms with Crippen LogP contribution in [0.5, 0.6) is 5.75 Å². The molecule has 3 nitrogen and oxygen atoms in total. The first-order valence-electron chi connectivity index (χ1n) is 6.68.